The van der Waals surface area contributed by atoms with E-state index in [-0.39, 0.29) is 12.2 Å². The number of esters is 1. The number of hydrogen-bond acceptors (Lipinski definition) is 4. The molecule has 0 aliphatic carbocycles. The van der Waals surface area contributed by atoms with Crippen molar-refractivity contribution >= 4 is 5.97 Å². The largest absolute Gasteiger partial charge is 0.440 e. The molecule has 0 aromatic heterocycles. The molecule has 2 bridgehead atoms. The van der Waals surface area contributed by atoms with Crippen molar-refractivity contribution in [3.8, 4) is 6.07 Å². The number of nitrogens with zero attached hydrogens (tertiary/aromatic N) is 1. The van der Waals surface area contributed by atoms with Gasteiger partial charge >= 0.3 is 5.97 Å². The third-order valence-electron chi connectivity index (χ3n) is 2.30. The van der Waals surface area contributed by atoms with Crippen LogP contribution in [0.2, 0.25) is 0 Å². The minimum absolute atomic E-state index is 0.0657. The van der Waals surface area contributed by atoms with E-state index in [0.717, 1.165) is 0 Å². The minimum Gasteiger partial charge on any atom is -0.440 e. The van der Waals surface area contributed by atoms with Crippen molar-refractivity contribution < 1.29 is 14.3 Å². The van der Waals surface area contributed by atoms with E-state index in [1.54, 1.807) is 6.08 Å². The van der Waals surface area contributed by atoms with Gasteiger partial charge in [-0.3, -0.25) is 4.79 Å². The van der Waals surface area contributed by atoms with E-state index in [2.05, 4.69) is 0 Å². The topological polar surface area (TPSA) is 59.3 Å². The fraction of sp³-hybridized carbons (Fsp3) is 0.556. The van der Waals surface area contributed by atoms with Crippen LogP contribution in [-0.4, -0.2) is 23.8 Å². The molecule has 2 heterocycles. The molecule has 68 valence electrons. The van der Waals surface area contributed by atoms with Crippen LogP contribution in [0.4, 0.5) is 0 Å². The van der Waals surface area contributed by atoms with Gasteiger partial charge in [-0.25, -0.2) is 0 Å². The summed E-state index contributed by atoms with van der Waals surface area (Å²) in [6.45, 7) is 1.30. The van der Waals surface area contributed by atoms with E-state index in [9.17, 15) is 4.79 Å². The number of hydrogen-bond donors (Lipinski definition) is 0. The summed E-state index contributed by atoms with van der Waals surface area (Å²) in [5.41, 5.74) is -1.08. The van der Waals surface area contributed by atoms with Crippen molar-refractivity contribution in [2.75, 3.05) is 0 Å². The van der Waals surface area contributed by atoms with Crippen LogP contribution in [-0.2, 0) is 14.3 Å². The van der Waals surface area contributed by atoms with Gasteiger partial charge in [0.05, 0.1) is 6.10 Å². The third-order valence-corrected chi connectivity index (χ3v) is 2.30. The molecule has 13 heavy (non-hydrogen) atoms. The van der Waals surface area contributed by atoms with Gasteiger partial charge in [0.25, 0.3) is 0 Å². The molecular weight excluding hydrogens is 170 g/mol. The van der Waals surface area contributed by atoms with Crippen molar-refractivity contribution in [2.45, 2.75) is 31.2 Å². The average molecular weight is 179 g/mol. The van der Waals surface area contributed by atoms with Gasteiger partial charge < -0.3 is 9.47 Å². The maximum absolute atomic E-state index is 10.8. The maximum atomic E-state index is 10.8. The highest BCUT2D eigenvalue weighted by Crippen LogP contribution is 2.39. The van der Waals surface area contributed by atoms with Crippen LogP contribution in [0.25, 0.3) is 0 Å². The standard InChI is InChI=1S/C9H9NO3/c1-6(11)13-9(5-10)4-7-2-3-8(9)12-7/h2-3,7-8H,4H2,1H3/t7-,8+,9-/m0/s1. The first-order valence-electron chi connectivity index (χ1n) is 4.11. The van der Waals surface area contributed by atoms with Crippen LogP contribution in [0.15, 0.2) is 12.2 Å². The van der Waals surface area contributed by atoms with Gasteiger partial charge in [-0.15, -0.1) is 0 Å². The molecule has 0 radical (unpaired) electrons. The second kappa shape index (κ2) is 2.57. The highest BCUT2D eigenvalue weighted by atomic mass is 16.6. The first-order valence-corrected chi connectivity index (χ1v) is 4.11. The van der Waals surface area contributed by atoms with E-state index < -0.39 is 11.6 Å². The van der Waals surface area contributed by atoms with E-state index in [4.69, 9.17) is 14.7 Å². The Hall–Kier alpha value is -1.34. The quantitative estimate of drug-likeness (QED) is 0.435. The predicted molar refractivity (Wildman–Crippen MR) is 42.5 cm³/mol. The summed E-state index contributed by atoms with van der Waals surface area (Å²) in [7, 11) is 0. The molecule has 1 fully saturated rings. The molecule has 2 rings (SSSR count). The van der Waals surface area contributed by atoms with Gasteiger partial charge in [0.15, 0.2) is 0 Å². The number of nitriles is 1. The van der Waals surface area contributed by atoms with E-state index in [1.165, 1.54) is 6.92 Å². The summed E-state index contributed by atoms with van der Waals surface area (Å²) in [5, 5.41) is 8.95. The Morgan fingerprint density at radius 1 is 1.77 bits per heavy atom. The van der Waals surface area contributed by atoms with E-state index in [1.807, 2.05) is 12.1 Å². The van der Waals surface area contributed by atoms with Gasteiger partial charge in [-0.2, -0.15) is 5.26 Å². The number of ether oxygens (including phenoxy) is 2. The first kappa shape index (κ1) is 8.27. The maximum Gasteiger partial charge on any atom is 0.304 e. The Kier molecular flexibility index (Phi) is 1.64. The zero-order valence-corrected chi connectivity index (χ0v) is 7.19. The molecule has 0 aromatic rings. The van der Waals surface area contributed by atoms with Gasteiger partial charge in [-0.1, -0.05) is 12.2 Å². The molecule has 1 saturated heterocycles. The molecule has 4 nitrogen and oxygen atoms in total. The number of carbonyl (C=O) groups is 1. The summed E-state index contributed by atoms with van der Waals surface area (Å²) in [6, 6.07) is 2.02. The van der Waals surface area contributed by atoms with Crippen molar-refractivity contribution in [2.24, 2.45) is 0 Å². The van der Waals surface area contributed by atoms with Crippen LogP contribution in [0.1, 0.15) is 13.3 Å². The first-order chi connectivity index (χ1) is 6.16. The molecule has 0 N–H and O–H groups in total. The van der Waals surface area contributed by atoms with Crippen molar-refractivity contribution in [1.29, 1.82) is 5.26 Å². The summed E-state index contributed by atoms with van der Waals surface area (Å²) in [6.07, 6.45) is 3.67. The van der Waals surface area contributed by atoms with Crippen LogP contribution in [0, 0.1) is 11.3 Å². The predicted octanol–water partition coefficient (Wildman–Crippen LogP) is 0.539. The van der Waals surface area contributed by atoms with Crippen molar-refractivity contribution in [3.05, 3.63) is 12.2 Å². The highest BCUT2D eigenvalue weighted by Gasteiger charge is 2.53. The van der Waals surface area contributed by atoms with Gasteiger partial charge in [0.2, 0.25) is 5.60 Å². The SMILES string of the molecule is CC(=O)O[C@]1(C#N)C[C@@H]2C=C[C@H]1O2. The molecular formula is C9H9NO3. The lowest BCUT2D eigenvalue weighted by atomic mass is 9.90. The van der Waals surface area contributed by atoms with Gasteiger partial charge in [0.1, 0.15) is 12.2 Å². The Balaban J connectivity index is 2.24. The normalized spacial score (nSPS) is 40.3. The Labute approximate surface area is 75.7 Å². The molecule has 0 saturated carbocycles. The molecule has 0 amide bonds. The Morgan fingerprint density at radius 3 is 2.92 bits per heavy atom. The summed E-state index contributed by atoms with van der Waals surface area (Å²) in [4.78, 5) is 10.8. The van der Waals surface area contributed by atoms with Crippen molar-refractivity contribution in [1.82, 2.24) is 0 Å². The zero-order valence-electron chi connectivity index (χ0n) is 7.19. The molecule has 2 aliphatic rings. The van der Waals surface area contributed by atoms with Gasteiger partial charge in [-0.05, 0) is 0 Å². The lowest BCUT2D eigenvalue weighted by Crippen LogP contribution is -2.40. The smallest absolute Gasteiger partial charge is 0.304 e. The summed E-state index contributed by atoms with van der Waals surface area (Å²) < 4.78 is 10.4. The van der Waals surface area contributed by atoms with Crippen molar-refractivity contribution in [3.63, 3.8) is 0 Å². The summed E-state index contributed by atoms with van der Waals surface area (Å²) in [5.74, 6) is -0.439. The molecule has 3 atom stereocenters. The van der Waals surface area contributed by atoms with Gasteiger partial charge in [0, 0.05) is 13.3 Å². The van der Waals surface area contributed by atoms with E-state index >= 15 is 0 Å². The van der Waals surface area contributed by atoms with Crippen LogP contribution >= 0.6 is 0 Å². The van der Waals surface area contributed by atoms with E-state index in [0.29, 0.717) is 6.42 Å². The van der Waals surface area contributed by atoms with Crippen LogP contribution in [0.5, 0.6) is 0 Å². The minimum atomic E-state index is -1.08. The molecule has 0 unspecified atom stereocenters. The lowest BCUT2D eigenvalue weighted by Gasteiger charge is -2.24. The number of rotatable bonds is 1. The zero-order chi connectivity index (χ0) is 9.47. The number of carbonyl (C=O) groups excluding carboxylic acids is 1. The molecule has 4 heteroatoms. The second-order valence-electron chi connectivity index (χ2n) is 3.28. The number of fused-ring (bicyclic) bond motifs is 2. The lowest BCUT2D eigenvalue weighted by molar-refractivity contribution is -0.154. The monoisotopic (exact) mass is 179 g/mol. The fourth-order valence-electron chi connectivity index (χ4n) is 1.79. The Bertz CT molecular complexity index is 317. The molecule has 2 aliphatic heterocycles. The third kappa shape index (κ3) is 1.12. The fourth-order valence-corrected chi connectivity index (χ4v) is 1.79. The molecule has 0 aromatic carbocycles. The second-order valence-corrected chi connectivity index (χ2v) is 3.28. The van der Waals surface area contributed by atoms with Crippen LogP contribution in [0.3, 0.4) is 0 Å². The highest BCUT2D eigenvalue weighted by molar-refractivity contribution is 5.67. The molecule has 0 spiro atoms. The Morgan fingerprint density at radius 2 is 2.54 bits per heavy atom. The summed E-state index contributed by atoms with van der Waals surface area (Å²) >= 11 is 0. The average Bonchev–Trinajstić information content (AvgIpc) is 2.62. The van der Waals surface area contributed by atoms with Crippen LogP contribution < -0.4 is 0 Å².